The Labute approximate surface area is 246 Å². The topological polar surface area (TPSA) is 90.5 Å². The predicted molar refractivity (Wildman–Crippen MR) is 162 cm³/mol. The van der Waals surface area contributed by atoms with Crippen LogP contribution in [0.5, 0.6) is 0 Å². The fraction of sp³-hybridized carbons (Fsp3) is 0.933. The zero-order valence-corrected chi connectivity index (χ0v) is 29.4. The van der Waals surface area contributed by atoms with Crippen molar-refractivity contribution in [1.82, 2.24) is 0 Å². The van der Waals surface area contributed by atoms with Crippen LogP contribution in [-0.4, -0.2) is 48.1 Å². The fourth-order valence-electron chi connectivity index (χ4n) is 2.59. The van der Waals surface area contributed by atoms with Gasteiger partial charge in [-0.3, -0.25) is 13.6 Å². The van der Waals surface area contributed by atoms with Crippen LogP contribution in [0.25, 0.3) is 21.3 Å². The average Bonchev–Trinajstić information content (AvgIpc) is 2.66. The van der Waals surface area contributed by atoms with Crippen molar-refractivity contribution in [3.63, 3.8) is 0 Å². The smallest absolute Gasteiger partial charge is 0.673 e. The summed E-state index contributed by atoms with van der Waals surface area (Å²) in [4.78, 5) is 15.5. The molecule has 0 aromatic heterocycles. The van der Waals surface area contributed by atoms with E-state index in [9.17, 15) is 0 Å². The van der Waals surface area contributed by atoms with Crippen LogP contribution in [-0.2, 0) is 29.1 Å². The Hall–Kier alpha value is -0.197. The van der Waals surface area contributed by atoms with Crippen LogP contribution in [0, 0.1) is 10.8 Å². The van der Waals surface area contributed by atoms with Gasteiger partial charge in [-0.25, -0.2) is 12.3 Å². The molecular weight excluding hydrogens is 549 g/mol. The van der Waals surface area contributed by atoms with E-state index in [4.69, 9.17) is 30.9 Å². The molecule has 0 heterocycles. The third kappa shape index (κ3) is 28.6. The van der Waals surface area contributed by atoms with Crippen LogP contribution in [0.4, 0.5) is 0 Å². The van der Waals surface area contributed by atoms with E-state index >= 15 is 0 Å². The van der Waals surface area contributed by atoms with Gasteiger partial charge < -0.3 is 30.9 Å². The second-order valence-corrected chi connectivity index (χ2v) is 14.6. The molecule has 0 rings (SSSR count). The Balaban J connectivity index is -0.000000158. The van der Waals surface area contributed by atoms with Crippen LogP contribution in [0.15, 0.2) is 0 Å². The Morgan fingerprint density at radius 2 is 0.568 bits per heavy atom. The molecular formula is C30H62N4O2Ru. The van der Waals surface area contributed by atoms with E-state index in [1.54, 1.807) is 0 Å². The van der Waals surface area contributed by atoms with E-state index in [2.05, 4.69) is 138 Å². The first-order chi connectivity index (χ1) is 15.7. The summed E-state index contributed by atoms with van der Waals surface area (Å²) in [6.45, 7) is 45.6. The summed E-state index contributed by atoms with van der Waals surface area (Å²) < 4.78 is 0. The number of carbonyl (C=O) groups excluding carboxylic acids is 2. The van der Waals surface area contributed by atoms with Crippen molar-refractivity contribution in [2.45, 2.75) is 172 Å². The second kappa shape index (κ2) is 19.0. The molecule has 0 aliphatic rings. The molecule has 0 aromatic rings. The number of hydrogen-bond acceptors (Lipinski definition) is 2. The maximum absolute atomic E-state index is 7.75. The van der Waals surface area contributed by atoms with Gasteiger partial charge in [0.05, 0.1) is 0 Å². The summed E-state index contributed by atoms with van der Waals surface area (Å²) in [6.07, 6.45) is 2.35. The van der Waals surface area contributed by atoms with Crippen LogP contribution >= 0.6 is 0 Å². The van der Waals surface area contributed by atoms with Gasteiger partial charge in [-0.1, -0.05) is 148 Å². The van der Waals surface area contributed by atoms with Crippen molar-refractivity contribution in [2.75, 3.05) is 0 Å². The molecule has 0 fully saturated rings. The molecule has 0 N–H and O–H groups in total. The monoisotopic (exact) mass is 612 g/mol. The molecule has 0 radical (unpaired) electrons. The van der Waals surface area contributed by atoms with Gasteiger partial charge in [0.1, 0.15) is 0 Å². The minimum atomic E-state index is -0.0220. The van der Waals surface area contributed by atoms with E-state index in [0.29, 0.717) is 0 Å². The van der Waals surface area contributed by atoms with Gasteiger partial charge in [-0.2, -0.15) is 0 Å². The van der Waals surface area contributed by atoms with Crippen molar-refractivity contribution in [1.29, 1.82) is 0 Å². The Kier molecular flexibility index (Phi) is 23.9. The molecule has 0 unspecified atom stereocenters. The first-order valence-electron chi connectivity index (χ1n) is 13.1. The first kappa shape index (κ1) is 46.6. The van der Waals surface area contributed by atoms with E-state index in [1.165, 1.54) is 0 Å². The molecule has 0 aromatic carbocycles. The number of rotatable bonds is 8. The zero-order chi connectivity index (χ0) is 30.4. The van der Waals surface area contributed by atoms with Crippen LogP contribution < -0.4 is 0 Å². The molecule has 37 heavy (non-hydrogen) atoms. The standard InChI is InChI=1S/2C14H30N2.2CHO.Ru/c2*1-10-14(8,9)11(15-12(2,3)4)16-13(5,6)7;2*1-2;/h2*11H,10H2,1-9H3;2*1H;/q2*-2;2*-1;+6. The Morgan fingerprint density at radius 3 is 0.649 bits per heavy atom. The van der Waals surface area contributed by atoms with E-state index in [-0.39, 0.29) is 64.8 Å². The number of hydrogen-bond donors (Lipinski definition) is 0. The minimum absolute atomic E-state index is 0. The van der Waals surface area contributed by atoms with Gasteiger partial charge >= 0.3 is 19.5 Å². The first-order valence-corrected chi connectivity index (χ1v) is 13.1. The van der Waals surface area contributed by atoms with Crippen LogP contribution in [0.3, 0.4) is 0 Å². The van der Waals surface area contributed by atoms with Gasteiger partial charge in [0.25, 0.3) is 0 Å². The molecule has 0 saturated carbocycles. The van der Waals surface area contributed by atoms with Crippen molar-refractivity contribution in [3.05, 3.63) is 21.3 Å². The molecule has 0 spiro atoms. The quantitative estimate of drug-likeness (QED) is 0.155. The Bertz CT molecular complexity index is 472. The number of nitrogens with zero attached hydrogens (tertiary/aromatic N) is 4. The zero-order valence-electron chi connectivity index (χ0n) is 27.7. The summed E-state index contributed by atoms with van der Waals surface area (Å²) in [6, 6.07) is 0. The van der Waals surface area contributed by atoms with Gasteiger partial charge in [0.2, 0.25) is 0 Å². The van der Waals surface area contributed by atoms with E-state index < -0.39 is 0 Å². The third-order valence-electron chi connectivity index (χ3n) is 5.26. The van der Waals surface area contributed by atoms with E-state index in [0.717, 1.165) is 12.8 Å². The van der Waals surface area contributed by atoms with Gasteiger partial charge in [0, 0.05) is 0 Å². The normalized spacial score (nSPS) is 12.9. The second-order valence-electron chi connectivity index (χ2n) is 14.6. The molecule has 0 atom stereocenters. The van der Waals surface area contributed by atoms with E-state index in [1.807, 2.05) is 0 Å². The average molecular weight is 612 g/mol. The summed E-state index contributed by atoms with van der Waals surface area (Å²) in [5, 5.41) is 19.5. The maximum Gasteiger partial charge on any atom is 6.00 e. The molecule has 0 aliphatic heterocycles. The van der Waals surface area contributed by atoms with Crippen molar-refractivity contribution in [2.24, 2.45) is 10.8 Å². The maximum atomic E-state index is 7.75. The Morgan fingerprint density at radius 1 is 0.432 bits per heavy atom. The molecule has 0 bridgehead atoms. The molecule has 0 aliphatic carbocycles. The SMILES string of the molecule is CCC(C)(C)C([N-]C(C)(C)C)[N-]C(C)(C)C.CCC(C)(C)C([N-]C(C)(C)C)[N-]C(C)(C)C.[CH-]=O.[CH-]=O.[Ru+6]. The summed E-state index contributed by atoms with van der Waals surface area (Å²) in [7, 11) is 0. The molecule has 222 valence electrons. The van der Waals surface area contributed by atoms with Gasteiger partial charge in [-0.15, -0.1) is 22.2 Å². The third-order valence-corrected chi connectivity index (χ3v) is 5.26. The summed E-state index contributed by atoms with van der Waals surface area (Å²) in [5.41, 5.74) is 0.191. The molecule has 6 nitrogen and oxygen atoms in total. The van der Waals surface area contributed by atoms with Crippen molar-refractivity contribution in [3.8, 4) is 0 Å². The fourth-order valence-corrected chi connectivity index (χ4v) is 2.59. The van der Waals surface area contributed by atoms with Gasteiger partial charge in [0.15, 0.2) is 0 Å². The summed E-state index contributed by atoms with van der Waals surface area (Å²) >= 11 is 0. The largest absolute Gasteiger partial charge is 6.00 e. The van der Waals surface area contributed by atoms with Crippen LogP contribution in [0.2, 0.25) is 0 Å². The van der Waals surface area contributed by atoms with Crippen molar-refractivity contribution < 1.29 is 29.1 Å². The summed E-state index contributed by atoms with van der Waals surface area (Å²) in [5.74, 6) is 0. The van der Waals surface area contributed by atoms with Crippen molar-refractivity contribution >= 4 is 13.6 Å². The van der Waals surface area contributed by atoms with Gasteiger partial charge in [-0.05, 0) is 0 Å². The molecule has 0 amide bonds. The molecule has 7 heteroatoms. The minimum Gasteiger partial charge on any atom is -0.673 e. The molecule has 0 saturated heterocycles. The van der Waals surface area contributed by atoms with Crippen LogP contribution in [0.1, 0.15) is 137 Å². The predicted octanol–water partition coefficient (Wildman–Crippen LogP) is 9.64.